The third kappa shape index (κ3) is 11.1. The first kappa shape index (κ1) is 53.1. The van der Waals surface area contributed by atoms with E-state index in [4.69, 9.17) is 9.97 Å². The van der Waals surface area contributed by atoms with Gasteiger partial charge < -0.3 is 9.80 Å². The van der Waals surface area contributed by atoms with Crippen LogP contribution >= 0.6 is 0 Å². The summed E-state index contributed by atoms with van der Waals surface area (Å²) in [4.78, 5) is 14.2. The summed E-state index contributed by atoms with van der Waals surface area (Å²) in [5.41, 5.74) is 16.9. The second kappa shape index (κ2) is 24.8. The fourth-order valence-corrected chi connectivity index (χ4v) is 10.4. The molecule has 0 spiro atoms. The van der Waals surface area contributed by atoms with E-state index in [1.165, 1.54) is 0 Å². The number of para-hydroxylation sites is 4. The fourth-order valence-electron chi connectivity index (χ4n) is 10.4. The van der Waals surface area contributed by atoms with Gasteiger partial charge in [-0.25, -0.2) is 9.97 Å². The van der Waals surface area contributed by atoms with Crippen molar-refractivity contribution >= 4 is 34.1 Å². The van der Waals surface area contributed by atoms with Crippen LogP contribution in [-0.4, -0.2) is 9.97 Å². The van der Waals surface area contributed by atoms with Crippen molar-refractivity contribution in [3.63, 3.8) is 0 Å². The van der Waals surface area contributed by atoms with Gasteiger partial charge >= 0.3 is 0 Å². The summed E-state index contributed by atoms with van der Waals surface area (Å²) in [6.07, 6.45) is 0. The molecule has 0 bridgehead atoms. The first-order valence-electron chi connectivity index (χ1n) is 27.0. The Bertz CT molecular complexity index is 4150. The molecule has 12 rings (SSSR count). The molecule has 0 fully saturated rings. The summed E-state index contributed by atoms with van der Waals surface area (Å²) < 4.78 is 0. The maximum absolute atomic E-state index is 10.5. The van der Waals surface area contributed by atoms with Gasteiger partial charge in [-0.15, -0.1) is 0 Å². The van der Waals surface area contributed by atoms with Crippen LogP contribution in [0.4, 0.5) is 34.1 Å². The van der Waals surface area contributed by atoms with Crippen molar-refractivity contribution in [1.82, 2.24) is 9.97 Å². The van der Waals surface area contributed by atoms with Gasteiger partial charge in [-0.1, -0.05) is 212 Å². The molecule has 0 saturated heterocycles. The van der Waals surface area contributed by atoms with Crippen LogP contribution in [0.15, 0.2) is 285 Å². The van der Waals surface area contributed by atoms with Crippen LogP contribution in [0.1, 0.15) is 27.8 Å². The van der Waals surface area contributed by atoms with E-state index in [9.17, 15) is 21.0 Å². The minimum atomic E-state index is 0.378. The van der Waals surface area contributed by atoms with Crippen LogP contribution in [0.3, 0.4) is 0 Å². The summed E-state index contributed by atoms with van der Waals surface area (Å²) in [6.45, 7) is 2.03. The van der Waals surface area contributed by atoms with E-state index in [2.05, 4.69) is 94.7 Å². The number of benzene rings is 10. The zero-order valence-corrected chi connectivity index (χ0v) is 45.2. The predicted molar refractivity (Wildman–Crippen MR) is 334 cm³/mol. The summed E-state index contributed by atoms with van der Waals surface area (Å²) in [7, 11) is 0. The maximum atomic E-state index is 10.5. The Labute approximate surface area is 483 Å². The summed E-state index contributed by atoms with van der Waals surface area (Å²) in [5, 5.41) is 41.9. The number of hydrogen-bond donors (Lipinski definition) is 0. The molecule has 0 radical (unpaired) electrons. The largest absolute Gasteiger partial charge is 0.311 e. The molecule has 8 heteroatoms. The van der Waals surface area contributed by atoms with Gasteiger partial charge in [0, 0.05) is 67.5 Å². The minimum Gasteiger partial charge on any atom is -0.311 e. The van der Waals surface area contributed by atoms with E-state index in [0.29, 0.717) is 56.2 Å². The first-order chi connectivity index (χ1) is 41.0. The van der Waals surface area contributed by atoms with Crippen LogP contribution in [0.2, 0.25) is 0 Å². The second-order valence-corrected chi connectivity index (χ2v) is 19.3. The lowest BCUT2D eigenvalue weighted by Gasteiger charge is -2.26. The van der Waals surface area contributed by atoms with Crippen molar-refractivity contribution in [2.45, 2.75) is 6.92 Å². The lowest BCUT2D eigenvalue weighted by Crippen LogP contribution is -2.10. The molecule has 12 aromatic rings. The van der Waals surface area contributed by atoms with Gasteiger partial charge in [0.15, 0.2) is 0 Å². The highest BCUT2D eigenvalue weighted by atomic mass is 15.1. The number of hydrogen-bond acceptors (Lipinski definition) is 8. The van der Waals surface area contributed by atoms with Gasteiger partial charge in [-0.2, -0.15) is 21.0 Å². The maximum Gasteiger partial charge on any atom is 0.102 e. The number of anilines is 6. The average Bonchev–Trinajstić information content (AvgIpc) is 3.75. The monoisotopic (exact) mass is 1060 g/mol. The Morgan fingerprint density at radius 2 is 0.518 bits per heavy atom. The van der Waals surface area contributed by atoms with Crippen molar-refractivity contribution < 1.29 is 0 Å². The molecule has 8 nitrogen and oxygen atoms in total. The molecule has 0 aliphatic heterocycles. The van der Waals surface area contributed by atoms with E-state index in [1.54, 1.807) is 0 Å². The van der Waals surface area contributed by atoms with Gasteiger partial charge in [0.1, 0.15) is 24.3 Å². The van der Waals surface area contributed by atoms with E-state index < -0.39 is 0 Å². The average molecular weight is 1060 g/mol. The molecule has 0 atom stereocenters. The Morgan fingerprint density at radius 1 is 0.265 bits per heavy atom. The van der Waals surface area contributed by atoms with Crippen LogP contribution in [0.5, 0.6) is 0 Å². The van der Waals surface area contributed by atoms with Crippen molar-refractivity contribution in [3.8, 4) is 91.6 Å². The van der Waals surface area contributed by atoms with Crippen molar-refractivity contribution in [1.29, 1.82) is 21.0 Å². The smallest absolute Gasteiger partial charge is 0.102 e. The molecule has 390 valence electrons. The first-order valence-corrected chi connectivity index (χ1v) is 27.0. The topological polar surface area (TPSA) is 127 Å². The zero-order chi connectivity index (χ0) is 56.9. The summed E-state index contributed by atoms with van der Waals surface area (Å²) >= 11 is 0. The molecule has 10 aromatic carbocycles. The Hall–Kier alpha value is -11.9. The number of pyridine rings is 2. The lowest BCUT2D eigenvalue weighted by atomic mass is 9.87. The number of aromatic nitrogens is 2. The van der Waals surface area contributed by atoms with E-state index in [0.717, 1.165) is 73.1 Å². The predicted octanol–water partition coefficient (Wildman–Crippen LogP) is 18.9. The molecule has 0 N–H and O–H groups in total. The quantitative estimate of drug-likeness (QED) is 0.118. The molecule has 0 aliphatic rings. The molecule has 2 aromatic heterocycles. The molecular formula is C75H50N8. The van der Waals surface area contributed by atoms with Gasteiger partial charge in [-0.05, 0) is 96.4 Å². The van der Waals surface area contributed by atoms with Crippen LogP contribution in [0, 0.1) is 52.2 Å². The normalized spacial score (nSPS) is 10.4. The molecule has 0 unspecified atom stereocenters. The SMILES string of the molecule is Cc1cc(N(c2ccccc2)c2ccccc2)ccc1-c1c(C#N)c(-c2ccccc2)nc(-c2ccccc2)c1C#N.N#Cc1c(-c2ccccc2)nc(-c2ccccc2)c(C#N)c1-c1ccc(N(c2ccccc2)c2ccccc2)cc1. The van der Waals surface area contributed by atoms with Gasteiger partial charge in [0.2, 0.25) is 0 Å². The van der Waals surface area contributed by atoms with E-state index in [1.807, 2.05) is 231 Å². The highest BCUT2D eigenvalue weighted by molar-refractivity contribution is 5.93. The Morgan fingerprint density at radius 3 is 0.807 bits per heavy atom. The van der Waals surface area contributed by atoms with E-state index >= 15 is 0 Å². The molecule has 0 saturated carbocycles. The standard InChI is InChI=1S/C38H26N4.C37H24N4/c1-27-24-32(42(30-18-10-4-11-19-30)31-20-12-5-13-21-31)22-23-33(27)36-34(25-39)37(28-14-6-2-7-15-28)41-38(35(36)26-40)29-16-8-3-9-17-29;38-25-33-35(34(26-39)37(29-15-7-2-8-16-29)40-36(33)28-13-5-1-6-14-28)27-21-23-32(24-22-27)41(30-17-9-3-10-18-30)31-19-11-4-12-20-31/h2-24H,1H3;1-24H. The van der Waals surface area contributed by atoms with Crippen LogP contribution in [0.25, 0.3) is 67.3 Å². The third-order valence-electron chi connectivity index (χ3n) is 14.2. The zero-order valence-electron chi connectivity index (χ0n) is 45.2. The molecule has 0 amide bonds. The Balaban J connectivity index is 0.000000174. The molecular weight excluding hydrogens is 1010 g/mol. The number of nitriles is 4. The van der Waals surface area contributed by atoms with Crippen molar-refractivity contribution in [2.24, 2.45) is 0 Å². The van der Waals surface area contributed by atoms with Gasteiger partial charge in [0.25, 0.3) is 0 Å². The Kier molecular flexibility index (Phi) is 15.9. The molecule has 0 aliphatic carbocycles. The van der Waals surface area contributed by atoms with E-state index in [-0.39, 0.29) is 0 Å². The van der Waals surface area contributed by atoms with Gasteiger partial charge in [-0.3, -0.25) is 0 Å². The lowest BCUT2D eigenvalue weighted by molar-refractivity contribution is 1.26. The van der Waals surface area contributed by atoms with Crippen LogP contribution in [-0.2, 0) is 0 Å². The van der Waals surface area contributed by atoms with Gasteiger partial charge in [0.05, 0.1) is 45.0 Å². The summed E-state index contributed by atoms with van der Waals surface area (Å²) in [5.74, 6) is 0. The number of rotatable bonds is 12. The second-order valence-electron chi connectivity index (χ2n) is 19.3. The van der Waals surface area contributed by atoms with Crippen molar-refractivity contribution in [2.75, 3.05) is 9.80 Å². The van der Waals surface area contributed by atoms with Crippen LogP contribution < -0.4 is 9.80 Å². The number of nitrogens with zero attached hydrogens (tertiary/aromatic N) is 8. The fraction of sp³-hybridized carbons (Fsp3) is 0.0133. The highest BCUT2D eigenvalue weighted by Crippen LogP contribution is 2.44. The molecule has 83 heavy (non-hydrogen) atoms. The molecule has 2 heterocycles. The number of aryl methyl sites for hydroxylation is 1. The highest BCUT2D eigenvalue weighted by Gasteiger charge is 2.26. The third-order valence-corrected chi connectivity index (χ3v) is 14.2. The van der Waals surface area contributed by atoms with Crippen molar-refractivity contribution in [3.05, 3.63) is 313 Å². The minimum absolute atomic E-state index is 0.378. The summed E-state index contributed by atoms with van der Waals surface area (Å²) in [6, 6.07) is 103.